The van der Waals surface area contributed by atoms with Crippen LogP contribution < -0.4 is 10.5 Å². The van der Waals surface area contributed by atoms with E-state index in [4.69, 9.17) is 10.5 Å². The van der Waals surface area contributed by atoms with Crippen LogP contribution in [0.15, 0.2) is 30.3 Å². The Morgan fingerprint density at radius 2 is 1.95 bits per heavy atom. The maximum atomic E-state index is 13.8. The Morgan fingerprint density at radius 3 is 2.57 bits per heavy atom. The summed E-state index contributed by atoms with van der Waals surface area (Å²) in [7, 11) is 0. The number of nitrogens with two attached hydrogens (primary N) is 1. The molecule has 2 aromatic rings. The normalized spacial score (nSPS) is 10.5. The highest BCUT2D eigenvalue weighted by atomic mass is 19.1. The first-order valence-corrected chi connectivity index (χ1v) is 6.02. The molecule has 0 spiro atoms. The summed E-state index contributed by atoms with van der Waals surface area (Å²) in [6.07, 6.45) is 0. The van der Waals surface area contributed by atoms with Crippen molar-refractivity contribution >= 4 is 5.69 Å². The Hall–Kier alpha value is -2.54. The third-order valence-corrected chi connectivity index (χ3v) is 2.84. The molecule has 0 aliphatic heterocycles. The second-order valence-corrected chi connectivity index (χ2v) is 4.43. The molecule has 0 radical (unpaired) electrons. The fourth-order valence-electron chi connectivity index (χ4n) is 1.84. The number of ether oxygens (including phenoxy) is 1. The summed E-state index contributed by atoms with van der Waals surface area (Å²) < 4.78 is 32.4. The molecule has 7 heteroatoms. The number of hydrogen-bond acceptors (Lipinski definition) is 4. The molecule has 2 aromatic carbocycles. The van der Waals surface area contributed by atoms with Crippen LogP contribution in [0.25, 0.3) is 0 Å². The van der Waals surface area contributed by atoms with Gasteiger partial charge in [-0.15, -0.1) is 0 Å². The van der Waals surface area contributed by atoms with E-state index < -0.39 is 16.6 Å². The minimum absolute atomic E-state index is 0.0719. The molecule has 0 amide bonds. The molecular formula is C14H12F2N2O3. The summed E-state index contributed by atoms with van der Waals surface area (Å²) in [5.41, 5.74) is 5.80. The fraction of sp³-hybridized carbons (Fsp3) is 0.143. The predicted molar refractivity (Wildman–Crippen MR) is 72.2 cm³/mol. The van der Waals surface area contributed by atoms with Crippen LogP contribution in [0.1, 0.15) is 11.1 Å². The Morgan fingerprint density at radius 1 is 1.24 bits per heavy atom. The molecule has 0 aliphatic rings. The molecular weight excluding hydrogens is 282 g/mol. The van der Waals surface area contributed by atoms with E-state index >= 15 is 0 Å². The lowest BCUT2D eigenvalue weighted by atomic mass is 10.2. The van der Waals surface area contributed by atoms with E-state index in [2.05, 4.69) is 0 Å². The first-order valence-electron chi connectivity index (χ1n) is 6.02. The van der Waals surface area contributed by atoms with Crippen LogP contribution in [0.5, 0.6) is 11.5 Å². The number of hydrogen-bond donors (Lipinski definition) is 1. The summed E-state index contributed by atoms with van der Waals surface area (Å²) in [6.45, 7) is 1.57. The number of nitro benzene ring substituents is 1. The quantitative estimate of drug-likeness (QED) is 0.692. The minimum Gasteiger partial charge on any atom is -0.454 e. The number of benzene rings is 2. The van der Waals surface area contributed by atoms with Crippen LogP contribution in [0, 0.1) is 28.7 Å². The van der Waals surface area contributed by atoms with E-state index in [0.29, 0.717) is 5.56 Å². The van der Waals surface area contributed by atoms with Gasteiger partial charge >= 0.3 is 0 Å². The number of halogens is 2. The number of rotatable bonds is 4. The molecule has 0 saturated carbocycles. The van der Waals surface area contributed by atoms with Crippen molar-refractivity contribution in [3.8, 4) is 11.5 Å². The van der Waals surface area contributed by atoms with Gasteiger partial charge in [-0.25, -0.2) is 8.78 Å². The van der Waals surface area contributed by atoms with Crippen molar-refractivity contribution in [2.75, 3.05) is 0 Å². The Labute approximate surface area is 119 Å². The van der Waals surface area contributed by atoms with Crippen molar-refractivity contribution in [3.63, 3.8) is 0 Å². The van der Waals surface area contributed by atoms with Crippen LogP contribution >= 0.6 is 0 Å². The molecule has 0 bridgehead atoms. The van der Waals surface area contributed by atoms with Gasteiger partial charge in [0.2, 0.25) is 0 Å². The van der Waals surface area contributed by atoms with Crippen molar-refractivity contribution < 1.29 is 18.4 Å². The molecule has 0 aliphatic carbocycles. The molecule has 0 aromatic heterocycles. The average Bonchev–Trinajstić information content (AvgIpc) is 2.41. The largest absolute Gasteiger partial charge is 0.454 e. The topological polar surface area (TPSA) is 78.4 Å². The molecule has 0 heterocycles. The summed E-state index contributed by atoms with van der Waals surface area (Å²) in [5, 5.41) is 10.7. The molecule has 0 atom stereocenters. The van der Waals surface area contributed by atoms with Crippen LogP contribution in [0.2, 0.25) is 0 Å². The van der Waals surface area contributed by atoms with E-state index in [9.17, 15) is 18.9 Å². The van der Waals surface area contributed by atoms with Gasteiger partial charge in [0.1, 0.15) is 11.6 Å². The van der Waals surface area contributed by atoms with Gasteiger partial charge in [-0.3, -0.25) is 10.1 Å². The fourth-order valence-corrected chi connectivity index (χ4v) is 1.84. The summed E-state index contributed by atoms with van der Waals surface area (Å²) in [5.74, 6) is -1.60. The first kappa shape index (κ1) is 14.9. The minimum atomic E-state index is -0.897. The molecule has 21 heavy (non-hydrogen) atoms. The number of nitrogens with zero attached hydrogens (tertiary/aromatic N) is 1. The highest BCUT2D eigenvalue weighted by molar-refractivity contribution is 5.47. The van der Waals surface area contributed by atoms with E-state index in [0.717, 1.165) is 12.1 Å². The monoisotopic (exact) mass is 294 g/mol. The lowest BCUT2D eigenvalue weighted by molar-refractivity contribution is -0.385. The van der Waals surface area contributed by atoms with Gasteiger partial charge in [0, 0.05) is 18.2 Å². The molecule has 0 saturated heterocycles. The lowest BCUT2D eigenvalue weighted by Gasteiger charge is -2.09. The zero-order valence-electron chi connectivity index (χ0n) is 11.1. The van der Waals surface area contributed by atoms with Gasteiger partial charge in [0.25, 0.3) is 5.69 Å². The van der Waals surface area contributed by atoms with Crippen LogP contribution in [0.3, 0.4) is 0 Å². The molecule has 0 unspecified atom stereocenters. The Kier molecular flexibility index (Phi) is 4.13. The zero-order valence-corrected chi connectivity index (χ0v) is 11.1. The summed E-state index contributed by atoms with van der Waals surface area (Å²) in [6, 6.07) is 5.76. The van der Waals surface area contributed by atoms with Gasteiger partial charge in [0.15, 0.2) is 11.6 Å². The molecule has 110 valence electrons. The van der Waals surface area contributed by atoms with Crippen molar-refractivity contribution in [2.45, 2.75) is 13.5 Å². The number of nitro groups is 1. The van der Waals surface area contributed by atoms with E-state index in [-0.39, 0.29) is 29.3 Å². The Balaban J connectivity index is 2.38. The van der Waals surface area contributed by atoms with Crippen molar-refractivity contribution in [2.24, 2.45) is 5.73 Å². The van der Waals surface area contributed by atoms with Crippen LogP contribution in [-0.2, 0) is 6.54 Å². The smallest absolute Gasteiger partial charge is 0.275 e. The van der Waals surface area contributed by atoms with Gasteiger partial charge in [0.05, 0.1) is 11.0 Å². The molecule has 2 N–H and O–H groups in total. The first-order chi connectivity index (χ1) is 9.90. The molecule has 2 rings (SSSR count). The zero-order chi connectivity index (χ0) is 15.6. The van der Waals surface area contributed by atoms with E-state index in [1.54, 1.807) is 0 Å². The van der Waals surface area contributed by atoms with Gasteiger partial charge in [-0.05, 0) is 30.7 Å². The second kappa shape index (κ2) is 5.84. The van der Waals surface area contributed by atoms with Gasteiger partial charge in [-0.1, -0.05) is 0 Å². The summed E-state index contributed by atoms with van der Waals surface area (Å²) >= 11 is 0. The highest BCUT2D eigenvalue weighted by Crippen LogP contribution is 2.31. The molecule has 0 fully saturated rings. The van der Waals surface area contributed by atoms with Crippen molar-refractivity contribution in [1.29, 1.82) is 0 Å². The van der Waals surface area contributed by atoms with Gasteiger partial charge < -0.3 is 10.5 Å². The maximum Gasteiger partial charge on any atom is 0.275 e. The SMILES string of the molecule is Cc1cc(Oc2cc(F)cc(CN)c2)c(F)cc1[N+](=O)[O-]. The third-order valence-electron chi connectivity index (χ3n) is 2.84. The molecule has 5 nitrogen and oxygen atoms in total. The van der Waals surface area contributed by atoms with Crippen molar-refractivity contribution in [1.82, 2.24) is 0 Å². The van der Waals surface area contributed by atoms with Crippen LogP contribution in [0.4, 0.5) is 14.5 Å². The Bertz CT molecular complexity index is 705. The highest BCUT2D eigenvalue weighted by Gasteiger charge is 2.17. The van der Waals surface area contributed by atoms with E-state index in [1.165, 1.54) is 25.1 Å². The third kappa shape index (κ3) is 3.32. The van der Waals surface area contributed by atoms with Gasteiger partial charge in [-0.2, -0.15) is 0 Å². The lowest BCUT2D eigenvalue weighted by Crippen LogP contribution is -1.99. The van der Waals surface area contributed by atoms with E-state index in [1.807, 2.05) is 0 Å². The summed E-state index contributed by atoms with van der Waals surface area (Å²) in [4.78, 5) is 10.0. The maximum absolute atomic E-state index is 13.8. The average molecular weight is 294 g/mol. The standard InChI is InChI=1S/C14H12F2N2O3/c1-8-2-14(12(16)6-13(8)18(19)20)21-11-4-9(7-17)3-10(15)5-11/h2-6H,7,17H2,1H3. The predicted octanol–water partition coefficient (Wildman–Crippen LogP) is 3.43. The van der Waals surface area contributed by atoms with Crippen molar-refractivity contribution in [3.05, 3.63) is 63.2 Å². The second-order valence-electron chi connectivity index (χ2n) is 4.43. The van der Waals surface area contributed by atoms with Crippen LogP contribution in [-0.4, -0.2) is 4.92 Å². The number of aryl methyl sites for hydroxylation is 1.